The number of nitrogens with zero attached hydrogens (tertiary/aromatic N) is 1. The molecule has 1 aromatic rings. The van der Waals surface area contributed by atoms with Crippen molar-refractivity contribution in [3.63, 3.8) is 0 Å². The topological polar surface area (TPSA) is 29.5 Å². The van der Waals surface area contributed by atoms with Crippen molar-refractivity contribution in [1.82, 2.24) is 0 Å². The summed E-state index contributed by atoms with van der Waals surface area (Å²) in [5, 5.41) is 0.808. The highest BCUT2D eigenvalue weighted by Gasteiger charge is 2.23. The number of likely N-dealkylation sites (N-methyl/N-ethyl adjacent to an activating group) is 1. The summed E-state index contributed by atoms with van der Waals surface area (Å²) in [6, 6.07) is 5.78. The highest BCUT2D eigenvalue weighted by Crippen LogP contribution is 2.30. The van der Waals surface area contributed by atoms with Gasteiger partial charge < -0.3 is 9.64 Å². The van der Waals surface area contributed by atoms with E-state index in [1.165, 1.54) is 0 Å². The SMILES string of the molecule is CN1C(=O)Cc2cc(OCCBr)ccc21. The van der Waals surface area contributed by atoms with E-state index < -0.39 is 0 Å². The minimum absolute atomic E-state index is 0.141. The standard InChI is InChI=1S/C11H12BrNO2/c1-13-10-3-2-9(15-5-4-12)6-8(10)7-11(13)14/h2-3,6H,4-5,7H2,1H3. The number of hydrogen-bond acceptors (Lipinski definition) is 2. The first-order chi connectivity index (χ1) is 7.22. The predicted molar refractivity (Wildman–Crippen MR) is 62.8 cm³/mol. The van der Waals surface area contributed by atoms with E-state index in [1.54, 1.807) is 11.9 Å². The number of anilines is 1. The molecule has 1 amide bonds. The van der Waals surface area contributed by atoms with Gasteiger partial charge in [-0.3, -0.25) is 4.79 Å². The number of fused-ring (bicyclic) bond motifs is 1. The lowest BCUT2D eigenvalue weighted by molar-refractivity contribution is -0.117. The van der Waals surface area contributed by atoms with Crippen LogP contribution in [0, 0.1) is 0 Å². The second-order valence-electron chi connectivity index (χ2n) is 3.46. The van der Waals surface area contributed by atoms with Crippen LogP contribution in [0.1, 0.15) is 5.56 Å². The molecule has 0 N–H and O–H groups in total. The van der Waals surface area contributed by atoms with Crippen LogP contribution in [0.25, 0.3) is 0 Å². The minimum Gasteiger partial charge on any atom is -0.493 e. The van der Waals surface area contributed by atoms with Gasteiger partial charge in [0.25, 0.3) is 0 Å². The van der Waals surface area contributed by atoms with Crippen LogP contribution < -0.4 is 9.64 Å². The van der Waals surface area contributed by atoms with Gasteiger partial charge in [0.2, 0.25) is 5.91 Å². The van der Waals surface area contributed by atoms with Crippen molar-refractivity contribution in [2.75, 3.05) is 23.9 Å². The third-order valence-electron chi connectivity index (χ3n) is 2.47. The molecule has 15 heavy (non-hydrogen) atoms. The van der Waals surface area contributed by atoms with Crippen LogP contribution in [0.15, 0.2) is 18.2 Å². The van der Waals surface area contributed by atoms with E-state index in [-0.39, 0.29) is 5.91 Å². The van der Waals surface area contributed by atoms with Crippen molar-refractivity contribution < 1.29 is 9.53 Å². The molecule has 0 radical (unpaired) electrons. The third-order valence-corrected chi connectivity index (χ3v) is 2.80. The average Bonchev–Trinajstić information content (AvgIpc) is 2.52. The Balaban J connectivity index is 2.22. The summed E-state index contributed by atoms with van der Waals surface area (Å²) in [6.07, 6.45) is 0.483. The maximum absolute atomic E-state index is 11.4. The highest BCUT2D eigenvalue weighted by molar-refractivity contribution is 9.09. The molecular weight excluding hydrogens is 258 g/mol. The number of hydrogen-bond donors (Lipinski definition) is 0. The van der Waals surface area contributed by atoms with Gasteiger partial charge in [-0.1, -0.05) is 15.9 Å². The number of carbonyl (C=O) groups excluding carboxylic acids is 1. The molecule has 3 nitrogen and oxygen atoms in total. The Morgan fingerprint density at radius 1 is 1.53 bits per heavy atom. The van der Waals surface area contributed by atoms with Crippen LogP contribution >= 0.6 is 15.9 Å². The van der Waals surface area contributed by atoms with E-state index in [0.717, 1.165) is 22.3 Å². The number of alkyl halides is 1. The van der Waals surface area contributed by atoms with Gasteiger partial charge in [-0.15, -0.1) is 0 Å². The van der Waals surface area contributed by atoms with Crippen LogP contribution in [-0.2, 0) is 11.2 Å². The second-order valence-corrected chi connectivity index (χ2v) is 4.25. The summed E-state index contributed by atoms with van der Waals surface area (Å²) in [5.74, 6) is 0.971. The van der Waals surface area contributed by atoms with E-state index in [9.17, 15) is 4.79 Å². The quantitative estimate of drug-likeness (QED) is 0.786. The maximum Gasteiger partial charge on any atom is 0.231 e. The molecular formula is C11H12BrNO2. The van der Waals surface area contributed by atoms with Crippen LogP contribution in [-0.4, -0.2) is 24.9 Å². The normalized spacial score (nSPS) is 14.3. The molecule has 0 atom stereocenters. The van der Waals surface area contributed by atoms with Crippen molar-refractivity contribution in [1.29, 1.82) is 0 Å². The first kappa shape index (κ1) is 10.5. The number of halogens is 1. The van der Waals surface area contributed by atoms with E-state index >= 15 is 0 Å². The molecule has 4 heteroatoms. The zero-order valence-corrected chi connectivity index (χ0v) is 10.1. The van der Waals surface area contributed by atoms with Crippen LogP contribution in [0.3, 0.4) is 0 Å². The predicted octanol–water partition coefficient (Wildman–Crippen LogP) is 1.98. The fraction of sp³-hybridized carbons (Fsp3) is 0.364. The third kappa shape index (κ3) is 2.00. The molecule has 1 aromatic carbocycles. The van der Waals surface area contributed by atoms with Gasteiger partial charge in [-0.25, -0.2) is 0 Å². The molecule has 2 rings (SSSR count). The Morgan fingerprint density at radius 2 is 2.33 bits per heavy atom. The Labute approximate surface area is 97.2 Å². The Kier molecular flexibility index (Phi) is 2.95. The fourth-order valence-corrected chi connectivity index (χ4v) is 1.85. The summed E-state index contributed by atoms with van der Waals surface area (Å²) in [4.78, 5) is 13.1. The van der Waals surface area contributed by atoms with Crippen molar-refractivity contribution in [3.05, 3.63) is 23.8 Å². The van der Waals surface area contributed by atoms with Crippen LogP contribution in [0.5, 0.6) is 5.75 Å². The lowest BCUT2D eigenvalue weighted by atomic mass is 10.1. The lowest BCUT2D eigenvalue weighted by Crippen LogP contribution is -2.20. The number of amides is 1. The second kappa shape index (κ2) is 4.23. The molecule has 0 saturated heterocycles. The number of benzene rings is 1. The molecule has 1 aliphatic rings. The number of ether oxygens (including phenoxy) is 1. The number of rotatable bonds is 3. The molecule has 1 heterocycles. The summed E-state index contributed by atoms with van der Waals surface area (Å²) in [6.45, 7) is 0.641. The molecule has 0 fully saturated rings. The first-order valence-corrected chi connectivity index (χ1v) is 5.93. The minimum atomic E-state index is 0.141. The molecule has 0 aliphatic carbocycles. The van der Waals surface area contributed by atoms with Crippen molar-refractivity contribution >= 4 is 27.5 Å². The van der Waals surface area contributed by atoms with Crippen LogP contribution in [0.2, 0.25) is 0 Å². The van der Waals surface area contributed by atoms with E-state index in [4.69, 9.17) is 4.74 Å². The van der Waals surface area contributed by atoms with E-state index in [1.807, 2.05) is 18.2 Å². The monoisotopic (exact) mass is 269 g/mol. The van der Waals surface area contributed by atoms with Crippen molar-refractivity contribution in [2.24, 2.45) is 0 Å². The van der Waals surface area contributed by atoms with E-state index in [0.29, 0.717) is 13.0 Å². The molecule has 0 bridgehead atoms. The number of carbonyl (C=O) groups is 1. The maximum atomic E-state index is 11.4. The highest BCUT2D eigenvalue weighted by atomic mass is 79.9. The van der Waals surface area contributed by atoms with Crippen molar-refractivity contribution in [3.8, 4) is 5.75 Å². The van der Waals surface area contributed by atoms with Gasteiger partial charge in [-0.2, -0.15) is 0 Å². The smallest absolute Gasteiger partial charge is 0.231 e. The van der Waals surface area contributed by atoms with Gasteiger partial charge in [0, 0.05) is 18.1 Å². The molecule has 0 spiro atoms. The van der Waals surface area contributed by atoms with Gasteiger partial charge in [0.1, 0.15) is 5.75 Å². The molecule has 1 aliphatic heterocycles. The Bertz CT molecular complexity index is 392. The molecule has 80 valence electrons. The van der Waals surface area contributed by atoms with E-state index in [2.05, 4.69) is 15.9 Å². The summed E-state index contributed by atoms with van der Waals surface area (Å²) in [5.41, 5.74) is 2.04. The van der Waals surface area contributed by atoms with Gasteiger partial charge in [0.05, 0.1) is 13.0 Å². The zero-order valence-electron chi connectivity index (χ0n) is 8.50. The summed E-state index contributed by atoms with van der Waals surface area (Å²) < 4.78 is 5.47. The summed E-state index contributed by atoms with van der Waals surface area (Å²) >= 11 is 3.30. The van der Waals surface area contributed by atoms with Crippen LogP contribution in [0.4, 0.5) is 5.69 Å². The van der Waals surface area contributed by atoms with Crippen molar-refractivity contribution in [2.45, 2.75) is 6.42 Å². The molecule has 0 unspecified atom stereocenters. The fourth-order valence-electron chi connectivity index (χ4n) is 1.69. The first-order valence-electron chi connectivity index (χ1n) is 4.80. The largest absolute Gasteiger partial charge is 0.493 e. The van der Waals surface area contributed by atoms with Gasteiger partial charge in [-0.05, 0) is 23.8 Å². The lowest BCUT2D eigenvalue weighted by Gasteiger charge is -2.10. The summed E-state index contributed by atoms with van der Waals surface area (Å²) in [7, 11) is 1.80. The average molecular weight is 270 g/mol. The zero-order chi connectivity index (χ0) is 10.8. The Hall–Kier alpha value is -1.03. The Morgan fingerprint density at radius 3 is 3.07 bits per heavy atom. The van der Waals surface area contributed by atoms with Gasteiger partial charge in [0.15, 0.2) is 0 Å². The molecule has 0 aromatic heterocycles. The molecule has 0 saturated carbocycles. The van der Waals surface area contributed by atoms with Gasteiger partial charge >= 0.3 is 0 Å².